The molecule has 0 saturated carbocycles. The van der Waals surface area contributed by atoms with Crippen molar-refractivity contribution in [3.63, 3.8) is 0 Å². The van der Waals surface area contributed by atoms with Gasteiger partial charge in [-0.1, -0.05) is 0 Å². The van der Waals surface area contributed by atoms with Crippen LogP contribution in [0.15, 0.2) is 6.20 Å². The van der Waals surface area contributed by atoms with Crippen molar-refractivity contribution in [2.45, 2.75) is 19.3 Å². The molecular formula is C9H8F5N3O2. The van der Waals surface area contributed by atoms with Gasteiger partial charge in [0, 0.05) is 6.54 Å². The van der Waals surface area contributed by atoms with Crippen molar-refractivity contribution in [2.75, 3.05) is 0 Å². The summed E-state index contributed by atoms with van der Waals surface area (Å²) in [5, 5.41) is 0. The monoisotopic (exact) mass is 285 g/mol. The molecule has 1 aromatic rings. The number of carbonyl (C=O) groups is 1. The second-order valence-electron chi connectivity index (χ2n) is 3.27. The van der Waals surface area contributed by atoms with E-state index in [4.69, 9.17) is 11.5 Å². The van der Waals surface area contributed by atoms with E-state index in [1.165, 1.54) is 0 Å². The molecule has 5 nitrogen and oxygen atoms in total. The predicted octanol–water partition coefficient (Wildman–Crippen LogP) is 1.48. The average Bonchev–Trinajstić information content (AvgIpc) is 2.25. The van der Waals surface area contributed by atoms with Crippen molar-refractivity contribution < 1.29 is 31.5 Å². The van der Waals surface area contributed by atoms with E-state index >= 15 is 0 Å². The number of amides is 1. The number of carbonyl (C=O) groups excluding carboxylic acids is 1. The van der Waals surface area contributed by atoms with Crippen LogP contribution in [-0.4, -0.2) is 17.3 Å². The first-order chi connectivity index (χ1) is 8.67. The minimum absolute atomic E-state index is 0.432. The smallest absolute Gasteiger partial charge is 0.403 e. The molecule has 1 rings (SSSR count). The van der Waals surface area contributed by atoms with Gasteiger partial charge in [0.25, 0.3) is 12.3 Å². The molecular weight excluding hydrogens is 277 g/mol. The number of primary amides is 1. The SMILES string of the molecule is NCc1ncc(OC(F)(F)F)c(C(N)=O)c1C(F)F. The molecule has 19 heavy (non-hydrogen) atoms. The summed E-state index contributed by atoms with van der Waals surface area (Å²) in [6.45, 7) is -0.494. The standard InChI is InChI=1S/C9H8F5N3O2/c10-7(11)5-3(1-15)17-2-4(6(5)8(16)18)19-9(12,13)14/h2,7H,1,15H2,(H2,16,18). The van der Waals surface area contributed by atoms with E-state index in [1.54, 1.807) is 0 Å². The van der Waals surface area contributed by atoms with E-state index in [9.17, 15) is 26.7 Å². The number of nitrogens with zero attached hydrogens (tertiary/aromatic N) is 1. The van der Waals surface area contributed by atoms with E-state index < -0.39 is 47.8 Å². The predicted molar refractivity (Wildman–Crippen MR) is 52.3 cm³/mol. The first kappa shape index (κ1) is 15.1. The highest BCUT2D eigenvalue weighted by Crippen LogP contribution is 2.34. The van der Waals surface area contributed by atoms with Gasteiger partial charge >= 0.3 is 6.36 Å². The fourth-order valence-corrected chi connectivity index (χ4v) is 1.40. The van der Waals surface area contributed by atoms with Crippen LogP contribution < -0.4 is 16.2 Å². The van der Waals surface area contributed by atoms with Crippen LogP contribution in [0.25, 0.3) is 0 Å². The number of aromatic nitrogens is 1. The largest absolute Gasteiger partial charge is 0.573 e. The van der Waals surface area contributed by atoms with Gasteiger partial charge in [0.15, 0.2) is 5.75 Å². The van der Waals surface area contributed by atoms with E-state index in [2.05, 4.69) is 9.72 Å². The van der Waals surface area contributed by atoms with Gasteiger partial charge in [-0.05, 0) is 0 Å². The molecule has 0 bridgehead atoms. The van der Waals surface area contributed by atoms with Crippen molar-refractivity contribution in [3.05, 3.63) is 23.0 Å². The molecule has 106 valence electrons. The minimum Gasteiger partial charge on any atom is -0.403 e. The van der Waals surface area contributed by atoms with Crippen LogP contribution in [0.5, 0.6) is 5.75 Å². The van der Waals surface area contributed by atoms with Gasteiger partial charge in [-0.15, -0.1) is 13.2 Å². The topological polar surface area (TPSA) is 91.2 Å². The molecule has 0 unspecified atom stereocenters. The van der Waals surface area contributed by atoms with Gasteiger partial charge in [-0.3, -0.25) is 9.78 Å². The van der Waals surface area contributed by atoms with Gasteiger partial charge < -0.3 is 16.2 Å². The molecule has 0 radical (unpaired) electrons. The van der Waals surface area contributed by atoms with Crippen LogP contribution in [-0.2, 0) is 6.54 Å². The summed E-state index contributed by atoms with van der Waals surface area (Å²) in [6, 6.07) is 0. The van der Waals surface area contributed by atoms with Crippen molar-refractivity contribution >= 4 is 5.91 Å². The minimum atomic E-state index is -5.17. The van der Waals surface area contributed by atoms with Crippen LogP contribution in [0.4, 0.5) is 22.0 Å². The number of hydrogen-bond acceptors (Lipinski definition) is 4. The molecule has 0 spiro atoms. The third-order valence-electron chi connectivity index (χ3n) is 2.05. The number of halogens is 5. The molecule has 1 amide bonds. The summed E-state index contributed by atoms with van der Waals surface area (Å²) < 4.78 is 65.3. The van der Waals surface area contributed by atoms with E-state index in [-0.39, 0.29) is 0 Å². The van der Waals surface area contributed by atoms with Gasteiger partial charge in [0.05, 0.1) is 23.0 Å². The summed E-state index contributed by atoms with van der Waals surface area (Å²) in [5.74, 6) is -2.68. The molecule has 1 aromatic heterocycles. The molecule has 0 aromatic carbocycles. The number of alkyl halides is 5. The number of pyridine rings is 1. The molecule has 0 saturated heterocycles. The third kappa shape index (κ3) is 3.50. The van der Waals surface area contributed by atoms with Crippen LogP contribution in [0.1, 0.15) is 28.0 Å². The second kappa shape index (κ2) is 5.34. The zero-order valence-corrected chi connectivity index (χ0v) is 9.17. The van der Waals surface area contributed by atoms with E-state index in [0.29, 0.717) is 6.20 Å². The molecule has 0 aliphatic carbocycles. The zero-order valence-electron chi connectivity index (χ0n) is 9.17. The Morgan fingerprint density at radius 1 is 1.42 bits per heavy atom. The second-order valence-corrected chi connectivity index (χ2v) is 3.27. The van der Waals surface area contributed by atoms with Crippen molar-refractivity contribution in [3.8, 4) is 5.75 Å². The number of ether oxygens (including phenoxy) is 1. The maximum atomic E-state index is 12.8. The highest BCUT2D eigenvalue weighted by Gasteiger charge is 2.35. The fourth-order valence-electron chi connectivity index (χ4n) is 1.40. The molecule has 4 N–H and O–H groups in total. The van der Waals surface area contributed by atoms with Crippen LogP contribution in [0, 0.1) is 0 Å². The lowest BCUT2D eigenvalue weighted by Crippen LogP contribution is -2.24. The third-order valence-corrected chi connectivity index (χ3v) is 2.05. The lowest BCUT2D eigenvalue weighted by Gasteiger charge is -2.16. The average molecular weight is 285 g/mol. The Morgan fingerprint density at radius 3 is 2.37 bits per heavy atom. The van der Waals surface area contributed by atoms with Crippen molar-refractivity contribution in [1.82, 2.24) is 4.98 Å². The quantitative estimate of drug-likeness (QED) is 0.819. The summed E-state index contributed by atoms with van der Waals surface area (Å²) in [4.78, 5) is 14.4. The molecule has 0 atom stereocenters. The number of rotatable bonds is 4. The maximum Gasteiger partial charge on any atom is 0.573 e. The van der Waals surface area contributed by atoms with E-state index in [1.807, 2.05) is 0 Å². The highest BCUT2D eigenvalue weighted by atomic mass is 19.4. The highest BCUT2D eigenvalue weighted by molar-refractivity contribution is 5.97. The van der Waals surface area contributed by atoms with Crippen LogP contribution in [0.2, 0.25) is 0 Å². The molecule has 0 fully saturated rings. The Balaban J connectivity index is 3.49. The first-order valence-electron chi connectivity index (χ1n) is 4.73. The van der Waals surface area contributed by atoms with Gasteiger partial charge in [0.1, 0.15) is 0 Å². The Hall–Kier alpha value is -1.97. The summed E-state index contributed by atoms with van der Waals surface area (Å²) in [6.07, 6.45) is -7.97. The van der Waals surface area contributed by atoms with Crippen LogP contribution >= 0.6 is 0 Å². The van der Waals surface area contributed by atoms with E-state index in [0.717, 1.165) is 0 Å². The first-order valence-corrected chi connectivity index (χ1v) is 4.73. The van der Waals surface area contributed by atoms with Crippen LogP contribution in [0.3, 0.4) is 0 Å². The fraction of sp³-hybridized carbons (Fsp3) is 0.333. The maximum absolute atomic E-state index is 12.8. The Morgan fingerprint density at radius 2 is 2.00 bits per heavy atom. The molecule has 0 aliphatic heterocycles. The Bertz CT molecular complexity index is 489. The summed E-state index contributed by atoms with van der Waals surface area (Å²) >= 11 is 0. The Kier molecular flexibility index (Phi) is 4.24. The van der Waals surface area contributed by atoms with Crippen molar-refractivity contribution in [1.29, 1.82) is 0 Å². The molecule has 1 heterocycles. The lowest BCUT2D eigenvalue weighted by molar-refractivity contribution is -0.274. The molecule has 0 aliphatic rings. The Labute approximate surface area is 103 Å². The summed E-state index contributed by atoms with van der Waals surface area (Å²) in [7, 11) is 0. The number of nitrogens with two attached hydrogens (primary N) is 2. The lowest BCUT2D eigenvalue weighted by atomic mass is 10.1. The van der Waals surface area contributed by atoms with Gasteiger partial charge in [0.2, 0.25) is 0 Å². The van der Waals surface area contributed by atoms with Gasteiger partial charge in [-0.25, -0.2) is 8.78 Å². The number of hydrogen-bond donors (Lipinski definition) is 2. The van der Waals surface area contributed by atoms with Gasteiger partial charge in [-0.2, -0.15) is 0 Å². The summed E-state index contributed by atoms with van der Waals surface area (Å²) in [5.41, 5.74) is 7.36. The normalized spacial score (nSPS) is 11.7. The van der Waals surface area contributed by atoms with Crippen molar-refractivity contribution in [2.24, 2.45) is 11.5 Å². The molecule has 10 heteroatoms. The zero-order chi connectivity index (χ0) is 14.8.